The van der Waals surface area contributed by atoms with Crippen molar-refractivity contribution >= 4 is 11.9 Å². The minimum absolute atomic E-state index is 0.396. The Labute approximate surface area is 174 Å². The number of hydrogen-bond donors (Lipinski definition) is 2. The highest BCUT2D eigenvalue weighted by Gasteiger charge is 2.29. The van der Waals surface area contributed by atoms with Crippen LogP contribution in [0.2, 0.25) is 0 Å². The van der Waals surface area contributed by atoms with Gasteiger partial charge in [0.05, 0.1) is 5.56 Å². The second-order valence-corrected chi connectivity index (χ2v) is 6.92. The van der Waals surface area contributed by atoms with Gasteiger partial charge in [-0.15, -0.1) is 0 Å². The third kappa shape index (κ3) is 6.31. The van der Waals surface area contributed by atoms with Crippen LogP contribution in [0.5, 0.6) is 0 Å². The molecule has 2 aromatic rings. The van der Waals surface area contributed by atoms with Gasteiger partial charge in [-0.05, 0) is 23.8 Å². The lowest BCUT2D eigenvalue weighted by molar-refractivity contribution is -0.137. The van der Waals surface area contributed by atoms with Crippen LogP contribution in [0.1, 0.15) is 11.1 Å². The molecule has 0 bridgehead atoms. The second-order valence-electron chi connectivity index (χ2n) is 6.92. The number of hydrogen-bond acceptors (Lipinski definition) is 5. The van der Waals surface area contributed by atoms with Gasteiger partial charge in [0.2, 0.25) is 5.95 Å². The van der Waals surface area contributed by atoms with Gasteiger partial charge in [0.15, 0.2) is 5.96 Å². The van der Waals surface area contributed by atoms with E-state index in [4.69, 9.17) is 0 Å². The molecule has 0 unspecified atom stereocenters. The van der Waals surface area contributed by atoms with Crippen molar-refractivity contribution in [2.75, 3.05) is 51.2 Å². The molecule has 1 aromatic carbocycles. The summed E-state index contributed by atoms with van der Waals surface area (Å²) in [5.41, 5.74) is 0.109. The topological polar surface area (TPSA) is 68.7 Å². The van der Waals surface area contributed by atoms with Crippen LogP contribution < -0.4 is 15.5 Å². The molecule has 1 saturated heterocycles. The smallest absolute Gasteiger partial charge is 0.355 e. The standard InChI is InChI=1S/C20H26F3N7/c1-24-18(28-15-16-3-5-17(6-4-16)20(21,22)23)25-9-10-29-11-13-30(14-12-29)19-26-7-2-8-27-19/h2-8H,9-15H2,1H3,(H2,24,25,28). The molecule has 0 atom stereocenters. The largest absolute Gasteiger partial charge is 0.416 e. The second kappa shape index (κ2) is 10.2. The molecule has 0 radical (unpaired) electrons. The van der Waals surface area contributed by atoms with Gasteiger partial charge < -0.3 is 15.5 Å². The summed E-state index contributed by atoms with van der Waals surface area (Å²) in [6.45, 7) is 5.59. The zero-order chi connectivity index (χ0) is 21.4. The first-order valence-corrected chi connectivity index (χ1v) is 9.80. The van der Waals surface area contributed by atoms with E-state index in [2.05, 4.69) is 35.4 Å². The number of aromatic nitrogens is 2. The summed E-state index contributed by atoms with van der Waals surface area (Å²) in [5, 5.41) is 6.37. The Morgan fingerprint density at radius 3 is 2.30 bits per heavy atom. The Hall–Kier alpha value is -2.88. The van der Waals surface area contributed by atoms with Crippen molar-refractivity contribution in [3.05, 3.63) is 53.9 Å². The van der Waals surface area contributed by atoms with E-state index in [0.717, 1.165) is 56.4 Å². The summed E-state index contributed by atoms with van der Waals surface area (Å²) in [4.78, 5) is 17.3. The maximum atomic E-state index is 12.6. The van der Waals surface area contributed by atoms with E-state index >= 15 is 0 Å². The Balaban J connectivity index is 1.36. The Bertz CT molecular complexity index is 801. The van der Waals surface area contributed by atoms with Gasteiger partial charge in [-0.3, -0.25) is 9.89 Å². The van der Waals surface area contributed by atoms with E-state index < -0.39 is 11.7 Å². The Kier molecular flexibility index (Phi) is 7.45. The average molecular weight is 421 g/mol. The fraction of sp³-hybridized carbons (Fsp3) is 0.450. The Morgan fingerprint density at radius 1 is 1.03 bits per heavy atom. The summed E-state index contributed by atoms with van der Waals surface area (Å²) >= 11 is 0. The number of guanidine groups is 1. The number of rotatable bonds is 6. The van der Waals surface area contributed by atoms with E-state index in [1.165, 1.54) is 12.1 Å². The third-order valence-electron chi connectivity index (χ3n) is 4.89. The number of nitrogens with zero attached hydrogens (tertiary/aromatic N) is 5. The Morgan fingerprint density at radius 2 is 1.70 bits per heavy atom. The zero-order valence-electron chi connectivity index (χ0n) is 16.9. The van der Waals surface area contributed by atoms with Crippen molar-refractivity contribution < 1.29 is 13.2 Å². The minimum atomic E-state index is -4.32. The number of halogens is 3. The summed E-state index contributed by atoms with van der Waals surface area (Å²) in [6, 6.07) is 6.93. The van der Waals surface area contributed by atoms with Gasteiger partial charge in [-0.25, -0.2) is 9.97 Å². The number of alkyl halides is 3. The number of anilines is 1. The van der Waals surface area contributed by atoms with Crippen molar-refractivity contribution in [3.8, 4) is 0 Å². The molecule has 0 spiro atoms. The quantitative estimate of drug-likeness (QED) is 0.549. The fourth-order valence-corrected chi connectivity index (χ4v) is 3.18. The van der Waals surface area contributed by atoms with Crippen LogP contribution in [-0.2, 0) is 12.7 Å². The molecule has 162 valence electrons. The predicted octanol–water partition coefficient (Wildman–Crippen LogP) is 1.98. The first-order chi connectivity index (χ1) is 14.5. The number of aliphatic imine (C=N–C) groups is 1. The normalized spacial score (nSPS) is 15.9. The van der Waals surface area contributed by atoms with Crippen molar-refractivity contribution in [2.24, 2.45) is 4.99 Å². The highest BCUT2D eigenvalue weighted by atomic mass is 19.4. The lowest BCUT2D eigenvalue weighted by Crippen LogP contribution is -2.49. The van der Waals surface area contributed by atoms with Crippen LogP contribution in [0.25, 0.3) is 0 Å². The van der Waals surface area contributed by atoms with Crippen LogP contribution in [-0.4, -0.2) is 67.1 Å². The van der Waals surface area contributed by atoms with Crippen LogP contribution in [0.4, 0.5) is 19.1 Å². The van der Waals surface area contributed by atoms with E-state index in [1.807, 2.05) is 6.07 Å². The molecule has 0 aliphatic carbocycles. The summed E-state index contributed by atoms with van der Waals surface area (Å²) in [6.07, 6.45) is -0.813. The number of benzene rings is 1. The van der Waals surface area contributed by atoms with Crippen molar-refractivity contribution in [1.82, 2.24) is 25.5 Å². The van der Waals surface area contributed by atoms with Gasteiger partial charge >= 0.3 is 6.18 Å². The summed E-state index contributed by atoms with van der Waals surface area (Å²) in [7, 11) is 1.67. The molecular weight excluding hydrogens is 395 g/mol. The first-order valence-electron chi connectivity index (χ1n) is 9.80. The SMILES string of the molecule is CN=C(NCCN1CCN(c2ncccn2)CC1)NCc1ccc(C(F)(F)F)cc1. The van der Waals surface area contributed by atoms with E-state index in [1.54, 1.807) is 19.4 Å². The predicted molar refractivity (Wildman–Crippen MR) is 110 cm³/mol. The van der Waals surface area contributed by atoms with Gasteiger partial charge in [0.25, 0.3) is 0 Å². The molecule has 3 rings (SSSR count). The molecule has 2 N–H and O–H groups in total. The summed E-state index contributed by atoms with van der Waals surface area (Å²) < 4.78 is 37.9. The minimum Gasteiger partial charge on any atom is -0.355 e. The van der Waals surface area contributed by atoms with Gasteiger partial charge in [-0.1, -0.05) is 12.1 Å². The third-order valence-corrected chi connectivity index (χ3v) is 4.89. The van der Waals surface area contributed by atoms with Crippen LogP contribution in [0, 0.1) is 0 Å². The molecule has 1 fully saturated rings. The van der Waals surface area contributed by atoms with Gasteiger partial charge in [0.1, 0.15) is 0 Å². The molecular formula is C20H26F3N7. The van der Waals surface area contributed by atoms with Gasteiger partial charge in [-0.2, -0.15) is 13.2 Å². The van der Waals surface area contributed by atoms with Crippen LogP contribution in [0.3, 0.4) is 0 Å². The molecule has 0 saturated carbocycles. The molecule has 10 heteroatoms. The molecule has 0 amide bonds. The highest BCUT2D eigenvalue weighted by molar-refractivity contribution is 5.79. The van der Waals surface area contributed by atoms with E-state index in [9.17, 15) is 13.2 Å². The monoisotopic (exact) mass is 421 g/mol. The van der Waals surface area contributed by atoms with Gasteiger partial charge in [0, 0.05) is 65.3 Å². The fourth-order valence-electron chi connectivity index (χ4n) is 3.18. The van der Waals surface area contributed by atoms with Crippen LogP contribution >= 0.6 is 0 Å². The number of piperazine rings is 1. The summed E-state index contributed by atoms with van der Waals surface area (Å²) in [5.74, 6) is 1.38. The molecule has 1 aromatic heterocycles. The van der Waals surface area contributed by atoms with E-state index in [0.29, 0.717) is 19.0 Å². The lowest BCUT2D eigenvalue weighted by atomic mass is 10.1. The molecule has 2 heterocycles. The molecule has 1 aliphatic heterocycles. The maximum absolute atomic E-state index is 12.6. The average Bonchev–Trinajstić information content (AvgIpc) is 2.77. The van der Waals surface area contributed by atoms with Crippen molar-refractivity contribution in [3.63, 3.8) is 0 Å². The molecule has 1 aliphatic rings. The van der Waals surface area contributed by atoms with Crippen molar-refractivity contribution in [1.29, 1.82) is 0 Å². The molecule has 7 nitrogen and oxygen atoms in total. The first kappa shape index (κ1) is 21.8. The van der Waals surface area contributed by atoms with Crippen LogP contribution in [0.15, 0.2) is 47.7 Å². The highest BCUT2D eigenvalue weighted by Crippen LogP contribution is 2.29. The van der Waals surface area contributed by atoms with E-state index in [-0.39, 0.29) is 0 Å². The maximum Gasteiger partial charge on any atom is 0.416 e. The zero-order valence-corrected chi connectivity index (χ0v) is 16.9. The molecule has 30 heavy (non-hydrogen) atoms. The van der Waals surface area contributed by atoms with Crippen molar-refractivity contribution in [2.45, 2.75) is 12.7 Å². The lowest BCUT2D eigenvalue weighted by Gasteiger charge is -2.34. The number of nitrogens with one attached hydrogen (secondary N) is 2.